The number of amides is 2. The summed E-state index contributed by atoms with van der Waals surface area (Å²) in [5, 5.41) is 12.1. The molecule has 25 heavy (non-hydrogen) atoms. The van der Waals surface area contributed by atoms with Crippen molar-refractivity contribution in [3.8, 4) is 5.75 Å². The molecule has 0 radical (unpaired) electrons. The zero-order valence-electron chi connectivity index (χ0n) is 14.2. The van der Waals surface area contributed by atoms with Crippen molar-refractivity contribution in [2.75, 3.05) is 31.6 Å². The van der Waals surface area contributed by atoms with Gasteiger partial charge in [0.1, 0.15) is 5.75 Å². The van der Waals surface area contributed by atoms with E-state index in [2.05, 4.69) is 17.4 Å². The molecule has 1 aliphatic heterocycles. The van der Waals surface area contributed by atoms with Crippen LogP contribution < -0.4 is 10.1 Å². The van der Waals surface area contributed by atoms with Crippen LogP contribution in [0.5, 0.6) is 5.75 Å². The summed E-state index contributed by atoms with van der Waals surface area (Å²) >= 11 is 0. The molecule has 2 aromatic rings. The zero-order valence-corrected chi connectivity index (χ0v) is 14.2. The number of nitrogens with one attached hydrogen (secondary N) is 1. The maximum atomic E-state index is 12.3. The average molecular weight is 340 g/mol. The number of nitrogens with zero attached hydrogens (tertiary/aromatic N) is 1. The Morgan fingerprint density at radius 2 is 2.04 bits per heavy atom. The van der Waals surface area contributed by atoms with Crippen LogP contribution in [0.2, 0.25) is 0 Å². The standard InChI is InChI=1S/C20H24N2O3/c23-15-17-9-11-22(14-17)20(24)21-18-7-4-8-19(13-18)25-12-10-16-5-2-1-3-6-16/h1-8,13,17,23H,9-12,14-15H2,(H,21,24). The molecule has 1 fully saturated rings. The lowest BCUT2D eigenvalue weighted by Crippen LogP contribution is -2.33. The molecule has 0 saturated carbocycles. The second-order valence-corrected chi connectivity index (χ2v) is 6.33. The first-order chi connectivity index (χ1) is 12.2. The Hall–Kier alpha value is -2.53. The highest BCUT2D eigenvalue weighted by atomic mass is 16.5. The Balaban J connectivity index is 1.50. The average Bonchev–Trinajstić information content (AvgIpc) is 3.12. The number of carbonyl (C=O) groups is 1. The number of anilines is 1. The van der Waals surface area contributed by atoms with Crippen molar-refractivity contribution in [1.82, 2.24) is 4.90 Å². The summed E-state index contributed by atoms with van der Waals surface area (Å²) in [7, 11) is 0. The minimum Gasteiger partial charge on any atom is -0.493 e. The molecule has 0 spiro atoms. The Labute approximate surface area is 148 Å². The van der Waals surface area contributed by atoms with Crippen molar-refractivity contribution in [1.29, 1.82) is 0 Å². The van der Waals surface area contributed by atoms with E-state index in [-0.39, 0.29) is 18.6 Å². The van der Waals surface area contributed by atoms with Gasteiger partial charge in [0.15, 0.2) is 0 Å². The molecule has 1 aliphatic rings. The van der Waals surface area contributed by atoms with Gasteiger partial charge in [0.2, 0.25) is 0 Å². The summed E-state index contributed by atoms with van der Waals surface area (Å²) in [6.07, 6.45) is 1.69. The van der Waals surface area contributed by atoms with Crippen LogP contribution in [0.25, 0.3) is 0 Å². The number of hydrogen-bond acceptors (Lipinski definition) is 3. The molecular weight excluding hydrogens is 316 g/mol. The summed E-state index contributed by atoms with van der Waals surface area (Å²) in [6.45, 7) is 2.01. The number of rotatable bonds is 6. The van der Waals surface area contributed by atoms with Gasteiger partial charge in [0, 0.05) is 43.8 Å². The number of hydrogen-bond donors (Lipinski definition) is 2. The molecule has 2 aromatic carbocycles. The molecule has 1 saturated heterocycles. The lowest BCUT2D eigenvalue weighted by Gasteiger charge is -2.17. The van der Waals surface area contributed by atoms with E-state index in [1.165, 1.54) is 5.56 Å². The molecule has 1 heterocycles. The monoisotopic (exact) mass is 340 g/mol. The van der Waals surface area contributed by atoms with E-state index < -0.39 is 0 Å². The molecule has 132 valence electrons. The van der Waals surface area contributed by atoms with Crippen LogP contribution >= 0.6 is 0 Å². The molecule has 0 aromatic heterocycles. The van der Waals surface area contributed by atoms with Gasteiger partial charge >= 0.3 is 6.03 Å². The quantitative estimate of drug-likeness (QED) is 0.849. The number of likely N-dealkylation sites (tertiary alicyclic amines) is 1. The van der Waals surface area contributed by atoms with Crippen LogP contribution in [0.3, 0.4) is 0 Å². The fourth-order valence-corrected chi connectivity index (χ4v) is 2.96. The molecule has 1 atom stereocenters. The van der Waals surface area contributed by atoms with Crippen LogP contribution in [-0.2, 0) is 6.42 Å². The van der Waals surface area contributed by atoms with E-state index in [0.29, 0.717) is 19.7 Å². The lowest BCUT2D eigenvalue weighted by molar-refractivity contribution is 0.209. The van der Waals surface area contributed by atoms with Crippen molar-refractivity contribution in [2.45, 2.75) is 12.8 Å². The van der Waals surface area contributed by atoms with Gasteiger partial charge in [-0.1, -0.05) is 36.4 Å². The van der Waals surface area contributed by atoms with Crippen LogP contribution in [0.15, 0.2) is 54.6 Å². The Morgan fingerprint density at radius 3 is 2.80 bits per heavy atom. The number of aliphatic hydroxyl groups is 1. The first-order valence-corrected chi connectivity index (χ1v) is 8.68. The van der Waals surface area contributed by atoms with E-state index in [0.717, 1.165) is 24.3 Å². The highest BCUT2D eigenvalue weighted by molar-refractivity contribution is 5.89. The van der Waals surface area contributed by atoms with Crippen LogP contribution in [-0.4, -0.2) is 42.3 Å². The largest absolute Gasteiger partial charge is 0.493 e. The van der Waals surface area contributed by atoms with Crippen molar-refractivity contribution < 1.29 is 14.6 Å². The van der Waals surface area contributed by atoms with Gasteiger partial charge in [-0.3, -0.25) is 0 Å². The van der Waals surface area contributed by atoms with Gasteiger partial charge in [0.05, 0.1) is 6.61 Å². The molecule has 3 rings (SSSR count). The number of benzene rings is 2. The van der Waals surface area contributed by atoms with Gasteiger partial charge in [-0.05, 0) is 24.1 Å². The number of urea groups is 1. The van der Waals surface area contributed by atoms with Gasteiger partial charge in [0.25, 0.3) is 0 Å². The number of ether oxygens (including phenoxy) is 1. The van der Waals surface area contributed by atoms with E-state index in [1.807, 2.05) is 42.5 Å². The summed E-state index contributed by atoms with van der Waals surface area (Å²) in [5.41, 5.74) is 1.95. The molecule has 1 unspecified atom stereocenters. The first kappa shape index (κ1) is 17.3. The molecule has 2 amide bonds. The van der Waals surface area contributed by atoms with Gasteiger partial charge < -0.3 is 20.1 Å². The van der Waals surface area contributed by atoms with Crippen LogP contribution in [0, 0.1) is 5.92 Å². The van der Waals surface area contributed by atoms with E-state index in [4.69, 9.17) is 4.74 Å². The third-order valence-corrected chi connectivity index (χ3v) is 4.42. The molecular formula is C20H24N2O3. The Kier molecular flexibility index (Phi) is 5.90. The summed E-state index contributed by atoms with van der Waals surface area (Å²) in [6, 6.07) is 17.5. The van der Waals surface area contributed by atoms with E-state index in [9.17, 15) is 9.90 Å². The first-order valence-electron chi connectivity index (χ1n) is 8.68. The molecule has 5 nitrogen and oxygen atoms in total. The summed E-state index contributed by atoms with van der Waals surface area (Å²) in [5.74, 6) is 0.932. The molecule has 2 N–H and O–H groups in total. The maximum absolute atomic E-state index is 12.3. The third-order valence-electron chi connectivity index (χ3n) is 4.42. The normalized spacial score (nSPS) is 16.7. The topological polar surface area (TPSA) is 61.8 Å². The predicted molar refractivity (Wildman–Crippen MR) is 97.9 cm³/mol. The summed E-state index contributed by atoms with van der Waals surface area (Å²) in [4.78, 5) is 14.0. The Bertz CT molecular complexity index is 690. The fourth-order valence-electron chi connectivity index (χ4n) is 2.96. The van der Waals surface area contributed by atoms with Crippen LogP contribution in [0.4, 0.5) is 10.5 Å². The predicted octanol–water partition coefficient (Wildman–Crippen LogP) is 3.15. The van der Waals surface area contributed by atoms with Crippen molar-refractivity contribution in [3.63, 3.8) is 0 Å². The molecule has 0 aliphatic carbocycles. The smallest absolute Gasteiger partial charge is 0.321 e. The van der Waals surface area contributed by atoms with E-state index in [1.54, 1.807) is 4.90 Å². The van der Waals surface area contributed by atoms with Crippen molar-refractivity contribution in [3.05, 3.63) is 60.2 Å². The number of carbonyl (C=O) groups excluding carboxylic acids is 1. The van der Waals surface area contributed by atoms with Crippen molar-refractivity contribution in [2.24, 2.45) is 5.92 Å². The van der Waals surface area contributed by atoms with Gasteiger partial charge in [-0.2, -0.15) is 0 Å². The van der Waals surface area contributed by atoms with Crippen molar-refractivity contribution >= 4 is 11.7 Å². The highest BCUT2D eigenvalue weighted by Crippen LogP contribution is 2.20. The second kappa shape index (κ2) is 8.53. The molecule has 5 heteroatoms. The van der Waals surface area contributed by atoms with Gasteiger partial charge in [-0.15, -0.1) is 0 Å². The number of aliphatic hydroxyl groups excluding tert-OH is 1. The summed E-state index contributed by atoms with van der Waals surface area (Å²) < 4.78 is 5.79. The fraction of sp³-hybridized carbons (Fsp3) is 0.350. The third kappa shape index (κ3) is 4.97. The van der Waals surface area contributed by atoms with Gasteiger partial charge in [-0.25, -0.2) is 4.79 Å². The Morgan fingerprint density at radius 1 is 1.20 bits per heavy atom. The van der Waals surface area contributed by atoms with E-state index >= 15 is 0 Å². The highest BCUT2D eigenvalue weighted by Gasteiger charge is 2.25. The molecule has 0 bridgehead atoms. The maximum Gasteiger partial charge on any atom is 0.321 e. The van der Waals surface area contributed by atoms with Crippen LogP contribution in [0.1, 0.15) is 12.0 Å². The lowest BCUT2D eigenvalue weighted by atomic mass is 10.1. The minimum absolute atomic E-state index is 0.127. The SMILES string of the molecule is O=C(Nc1cccc(OCCc2ccccc2)c1)N1CCC(CO)C1. The minimum atomic E-state index is -0.127. The zero-order chi connectivity index (χ0) is 17.5. The second-order valence-electron chi connectivity index (χ2n) is 6.33.